The van der Waals surface area contributed by atoms with E-state index in [1.54, 1.807) is 18.2 Å². The third-order valence-corrected chi connectivity index (χ3v) is 2.44. The van der Waals surface area contributed by atoms with E-state index in [1.165, 1.54) is 13.3 Å². The summed E-state index contributed by atoms with van der Waals surface area (Å²) in [6, 6.07) is 5.26. The molecule has 2 amide bonds. The number of nitrogens with zero attached hydrogens (tertiary/aromatic N) is 2. The molecule has 2 rings (SSSR count). The average Bonchev–Trinajstić information content (AvgIpc) is 2.86. The van der Waals surface area contributed by atoms with Gasteiger partial charge in [0.25, 0.3) is 5.91 Å². The van der Waals surface area contributed by atoms with Crippen molar-refractivity contribution in [2.24, 2.45) is 0 Å². The molecule has 1 aromatic heterocycles. The predicted molar refractivity (Wildman–Crippen MR) is 69.8 cm³/mol. The summed E-state index contributed by atoms with van der Waals surface area (Å²) in [5.74, 6) is -0.429. The first-order chi connectivity index (χ1) is 9.06. The number of hydrogen-bond donors (Lipinski definition) is 3. The van der Waals surface area contributed by atoms with Crippen LogP contribution in [0, 0.1) is 6.92 Å². The van der Waals surface area contributed by atoms with E-state index in [9.17, 15) is 9.59 Å². The summed E-state index contributed by atoms with van der Waals surface area (Å²) < 4.78 is 0. The lowest BCUT2D eigenvalue weighted by atomic mass is 10.1. The Bertz CT molecular complexity index is 607. The average molecular weight is 259 g/mol. The highest BCUT2D eigenvalue weighted by Crippen LogP contribution is 2.20. The lowest BCUT2D eigenvalue weighted by Gasteiger charge is -2.09. The Hall–Kier alpha value is -2.70. The molecule has 0 fully saturated rings. The summed E-state index contributed by atoms with van der Waals surface area (Å²) >= 11 is 0. The van der Waals surface area contributed by atoms with Gasteiger partial charge in [-0.1, -0.05) is 6.07 Å². The molecule has 0 saturated heterocycles. The number of carbonyl (C=O) groups excluding carboxylic acids is 2. The third kappa shape index (κ3) is 3.15. The highest BCUT2D eigenvalue weighted by molar-refractivity contribution is 6.02. The van der Waals surface area contributed by atoms with Crippen LogP contribution in [0.1, 0.15) is 23.1 Å². The third-order valence-electron chi connectivity index (χ3n) is 2.44. The van der Waals surface area contributed by atoms with Gasteiger partial charge in [-0.2, -0.15) is 5.10 Å². The molecular weight excluding hydrogens is 246 g/mol. The van der Waals surface area contributed by atoms with Gasteiger partial charge in [-0.3, -0.25) is 14.7 Å². The van der Waals surface area contributed by atoms with Gasteiger partial charge in [0, 0.05) is 18.3 Å². The molecule has 0 aliphatic rings. The van der Waals surface area contributed by atoms with Crippen molar-refractivity contribution in [3.05, 3.63) is 35.9 Å². The maximum atomic E-state index is 11.8. The van der Waals surface area contributed by atoms with Crippen molar-refractivity contribution >= 4 is 23.2 Å². The van der Waals surface area contributed by atoms with Gasteiger partial charge in [0.1, 0.15) is 6.33 Å². The number of benzene rings is 1. The van der Waals surface area contributed by atoms with Crippen molar-refractivity contribution in [2.75, 3.05) is 10.6 Å². The Balaban J connectivity index is 2.19. The standard InChI is InChI=1S/C12H13N5O2/c1-7-3-4-9(15-8(2)18)5-10(7)16-12(19)11-13-6-14-17-11/h3-6H,1-2H3,(H,15,18)(H,16,19)(H,13,14,17). The Morgan fingerprint density at radius 2 is 2.05 bits per heavy atom. The minimum absolute atomic E-state index is 0.129. The van der Waals surface area contributed by atoms with Crippen LogP contribution in [0.5, 0.6) is 0 Å². The predicted octanol–water partition coefficient (Wildman–Crippen LogP) is 1.32. The summed E-state index contributed by atoms with van der Waals surface area (Å²) in [6.45, 7) is 3.28. The molecule has 19 heavy (non-hydrogen) atoms. The van der Waals surface area contributed by atoms with Crippen molar-refractivity contribution in [2.45, 2.75) is 13.8 Å². The number of aromatic nitrogens is 3. The van der Waals surface area contributed by atoms with Gasteiger partial charge in [0.15, 0.2) is 0 Å². The monoisotopic (exact) mass is 259 g/mol. The van der Waals surface area contributed by atoms with Crippen LogP contribution >= 0.6 is 0 Å². The molecule has 3 N–H and O–H groups in total. The topological polar surface area (TPSA) is 99.8 Å². The fraction of sp³-hybridized carbons (Fsp3) is 0.167. The number of H-pyrrole nitrogens is 1. The summed E-state index contributed by atoms with van der Waals surface area (Å²) in [5, 5.41) is 11.4. The van der Waals surface area contributed by atoms with Crippen molar-refractivity contribution < 1.29 is 9.59 Å². The molecule has 0 spiro atoms. The molecule has 0 unspecified atom stereocenters. The summed E-state index contributed by atoms with van der Waals surface area (Å²) in [4.78, 5) is 26.6. The molecule has 0 saturated carbocycles. The summed E-state index contributed by atoms with van der Waals surface area (Å²) in [5.41, 5.74) is 2.10. The number of aryl methyl sites for hydroxylation is 1. The summed E-state index contributed by atoms with van der Waals surface area (Å²) in [7, 11) is 0. The van der Waals surface area contributed by atoms with Gasteiger partial charge in [-0.05, 0) is 24.6 Å². The molecule has 0 aliphatic heterocycles. The van der Waals surface area contributed by atoms with E-state index in [0.717, 1.165) is 5.56 Å². The zero-order valence-corrected chi connectivity index (χ0v) is 10.5. The van der Waals surface area contributed by atoms with E-state index in [-0.39, 0.29) is 17.6 Å². The first-order valence-corrected chi connectivity index (χ1v) is 5.61. The molecule has 0 atom stereocenters. The van der Waals surface area contributed by atoms with Crippen molar-refractivity contribution in [1.82, 2.24) is 15.2 Å². The summed E-state index contributed by atoms with van der Waals surface area (Å²) in [6.07, 6.45) is 1.26. The largest absolute Gasteiger partial charge is 0.326 e. The van der Waals surface area contributed by atoms with E-state index in [0.29, 0.717) is 11.4 Å². The van der Waals surface area contributed by atoms with Gasteiger partial charge in [0.2, 0.25) is 11.7 Å². The molecule has 0 radical (unpaired) electrons. The number of nitrogens with one attached hydrogen (secondary N) is 3. The second-order valence-corrected chi connectivity index (χ2v) is 4.00. The molecule has 98 valence electrons. The van der Waals surface area contributed by atoms with E-state index >= 15 is 0 Å². The fourth-order valence-corrected chi connectivity index (χ4v) is 1.53. The second kappa shape index (κ2) is 5.30. The fourth-order valence-electron chi connectivity index (χ4n) is 1.53. The highest BCUT2D eigenvalue weighted by atomic mass is 16.2. The maximum absolute atomic E-state index is 11.8. The van der Waals surface area contributed by atoms with Gasteiger partial charge in [0.05, 0.1) is 0 Å². The highest BCUT2D eigenvalue weighted by Gasteiger charge is 2.10. The normalized spacial score (nSPS) is 10.0. The van der Waals surface area contributed by atoms with Gasteiger partial charge in [-0.25, -0.2) is 4.98 Å². The number of amides is 2. The molecule has 0 bridgehead atoms. The smallest absolute Gasteiger partial charge is 0.292 e. The Labute approximate surface area is 109 Å². The zero-order valence-electron chi connectivity index (χ0n) is 10.5. The molecule has 1 aromatic carbocycles. The Kier molecular flexibility index (Phi) is 3.56. The van der Waals surface area contributed by atoms with Crippen LogP contribution < -0.4 is 10.6 Å². The second-order valence-electron chi connectivity index (χ2n) is 4.00. The van der Waals surface area contributed by atoms with Gasteiger partial charge in [-0.15, -0.1) is 0 Å². The Morgan fingerprint density at radius 1 is 1.26 bits per heavy atom. The number of hydrogen-bond acceptors (Lipinski definition) is 4. The van der Waals surface area contributed by atoms with Crippen LogP contribution in [0.15, 0.2) is 24.5 Å². The first-order valence-electron chi connectivity index (χ1n) is 5.61. The lowest BCUT2D eigenvalue weighted by molar-refractivity contribution is -0.114. The van der Waals surface area contributed by atoms with Crippen LogP contribution in [0.4, 0.5) is 11.4 Å². The molecule has 2 aromatic rings. The van der Waals surface area contributed by atoms with E-state index < -0.39 is 0 Å². The van der Waals surface area contributed by atoms with Crippen LogP contribution in [0.2, 0.25) is 0 Å². The lowest BCUT2D eigenvalue weighted by Crippen LogP contribution is -2.15. The molecule has 1 heterocycles. The SMILES string of the molecule is CC(=O)Nc1ccc(C)c(NC(=O)c2ncn[nH]2)c1. The minimum atomic E-state index is -0.388. The molecular formula is C12H13N5O2. The number of aromatic amines is 1. The van der Waals surface area contributed by atoms with E-state index in [4.69, 9.17) is 0 Å². The van der Waals surface area contributed by atoms with Crippen LogP contribution in [0.3, 0.4) is 0 Å². The number of anilines is 2. The van der Waals surface area contributed by atoms with Crippen LogP contribution in [-0.2, 0) is 4.79 Å². The number of rotatable bonds is 3. The van der Waals surface area contributed by atoms with Crippen molar-refractivity contribution in [1.29, 1.82) is 0 Å². The number of carbonyl (C=O) groups is 2. The van der Waals surface area contributed by atoms with E-state index in [2.05, 4.69) is 25.8 Å². The zero-order chi connectivity index (χ0) is 13.8. The van der Waals surface area contributed by atoms with Crippen molar-refractivity contribution in [3.63, 3.8) is 0 Å². The van der Waals surface area contributed by atoms with Crippen LogP contribution in [-0.4, -0.2) is 27.0 Å². The Morgan fingerprint density at radius 3 is 2.68 bits per heavy atom. The minimum Gasteiger partial charge on any atom is -0.326 e. The molecule has 7 heteroatoms. The van der Waals surface area contributed by atoms with Gasteiger partial charge < -0.3 is 10.6 Å². The maximum Gasteiger partial charge on any atom is 0.292 e. The molecule has 0 aliphatic carbocycles. The van der Waals surface area contributed by atoms with E-state index in [1.807, 2.05) is 6.92 Å². The molecule has 7 nitrogen and oxygen atoms in total. The quantitative estimate of drug-likeness (QED) is 0.774. The first kappa shape index (κ1) is 12.7. The van der Waals surface area contributed by atoms with Gasteiger partial charge >= 0.3 is 0 Å². The van der Waals surface area contributed by atoms with Crippen LogP contribution in [0.25, 0.3) is 0 Å². The van der Waals surface area contributed by atoms with Crippen molar-refractivity contribution in [3.8, 4) is 0 Å².